The third kappa shape index (κ3) is 5.31. The van der Waals surface area contributed by atoms with Gasteiger partial charge in [-0.15, -0.1) is 24.8 Å². The van der Waals surface area contributed by atoms with Gasteiger partial charge in [0.1, 0.15) is 0 Å². The maximum atomic E-state index is 12.0. The first-order valence-corrected chi connectivity index (χ1v) is 6.45. The Morgan fingerprint density at radius 1 is 1.22 bits per heavy atom. The van der Waals surface area contributed by atoms with Crippen LogP contribution in [0, 0.1) is 5.92 Å². The lowest BCUT2D eigenvalue weighted by atomic mass is 9.95. The maximum Gasteiger partial charge on any atom is 0.223 e. The van der Waals surface area contributed by atoms with E-state index in [2.05, 4.69) is 22.6 Å². The molecule has 18 heavy (non-hydrogen) atoms. The molecule has 0 aromatic heterocycles. The Morgan fingerprint density at radius 2 is 1.89 bits per heavy atom. The summed E-state index contributed by atoms with van der Waals surface area (Å²) < 4.78 is 0. The summed E-state index contributed by atoms with van der Waals surface area (Å²) in [5.74, 6) is 0.528. The minimum Gasteiger partial charge on any atom is -0.352 e. The smallest absolute Gasteiger partial charge is 0.223 e. The van der Waals surface area contributed by atoms with E-state index in [1.165, 1.54) is 6.42 Å². The van der Waals surface area contributed by atoms with E-state index in [1.54, 1.807) is 0 Å². The fourth-order valence-corrected chi connectivity index (χ4v) is 2.56. The first-order valence-electron chi connectivity index (χ1n) is 6.45. The molecule has 2 heterocycles. The minimum atomic E-state index is 0. The molecule has 0 saturated carbocycles. The average Bonchev–Trinajstić information content (AvgIpc) is 2.31. The van der Waals surface area contributed by atoms with Gasteiger partial charge in [-0.2, -0.15) is 0 Å². The van der Waals surface area contributed by atoms with Crippen LogP contribution in [0.3, 0.4) is 0 Å². The Kier molecular flexibility index (Phi) is 8.95. The molecule has 0 aromatic rings. The molecule has 108 valence electrons. The highest BCUT2D eigenvalue weighted by atomic mass is 35.5. The summed E-state index contributed by atoms with van der Waals surface area (Å²) >= 11 is 0. The standard InChI is InChI=1S/C12H23N3O.2ClH/c1-15-7-4-10(5-8-15)12(16)14-11-3-2-6-13-9-11;;/h10-11,13H,2-9H2,1H3,(H,14,16);2*1H. The number of amides is 1. The van der Waals surface area contributed by atoms with Gasteiger partial charge < -0.3 is 15.5 Å². The van der Waals surface area contributed by atoms with Gasteiger partial charge in [0.2, 0.25) is 5.91 Å². The van der Waals surface area contributed by atoms with Crippen LogP contribution in [-0.4, -0.2) is 50.1 Å². The number of carbonyl (C=O) groups is 1. The zero-order valence-corrected chi connectivity index (χ0v) is 12.6. The normalized spacial score (nSPS) is 25.7. The Hall–Kier alpha value is -0.0300. The Bertz CT molecular complexity index is 239. The van der Waals surface area contributed by atoms with Crippen molar-refractivity contribution >= 4 is 30.7 Å². The van der Waals surface area contributed by atoms with Crippen molar-refractivity contribution in [3.63, 3.8) is 0 Å². The van der Waals surface area contributed by atoms with Crippen molar-refractivity contribution in [1.29, 1.82) is 0 Å². The van der Waals surface area contributed by atoms with Crippen molar-refractivity contribution < 1.29 is 4.79 Å². The first-order chi connectivity index (χ1) is 7.75. The Balaban J connectivity index is 0.00000144. The lowest BCUT2D eigenvalue weighted by Gasteiger charge is -2.30. The number of nitrogens with zero attached hydrogens (tertiary/aromatic N) is 1. The summed E-state index contributed by atoms with van der Waals surface area (Å²) in [7, 11) is 2.12. The van der Waals surface area contributed by atoms with E-state index in [4.69, 9.17) is 0 Å². The number of rotatable bonds is 2. The number of piperidine rings is 2. The molecule has 2 aliphatic heterocycles. The lowest BCUT2D eigenvalue weighted by molar-refractivity contribution is -0.127. The van der Waals surface area contributed by atoms with E-state index in [9.17, 15) is 4.79 Å². The predicted molar refractivity (Wildman–Crippen MR) is 78.8 cm³/mol. The Morgan fingerprint density at radius 3 is 2.44 bits per heavy atom. The van der Waals surface area contributed by atoms with Gasteiger partial charge in [-0.25, -0.2) is 0 Å². The summed E-state index contributed by atoms with van der Waals surface area (Å²) in [4.78, 5) is 14.3. The second kappa shape index (κ2) is 8.97. The van der Waals surface area contributed by atoms with Crippen molar-refractivity contribution in [3.05, 3.63) is 0 Å². The van der Waals surface area contributed by atoms with E-state index in [-0.39, 0.29) is 36.6 Å². The van der Waals surface area contributed by atoms with Crippen LogP contribution in [-0.2, 0) is 4.79 Å². The average molecular weight is 298 g/mol. The second-order valence-electron chi connectivity index (χ2n) is 5.13. The zero-order chi connectivity index (χ0) is 11.4. The van der Waals surface area contributed by atoms with Gasteiger partial charge in [0.15, 0.2) is 0 Å². The highest BCUT2D eigenvalue weighted by molar-refractivity contribution is 5.85. The van der Waals surface area contributed by atoms with Crippen molar-refractivity contribution in [2.24, 2.45) is 5.92 Å². The van der Waals surface area contributed by atoms with Gasteiger partial charge in [-0.05, 0) is 52.4 Å². The van der Waals surface area contributed by atoms with Crippen LogP contribution >= 0.6 is 24.8 Å². The molecule has 2 rings (SSSR count). The van der Waals surface area contributed by atoms with Crippen molar-refractivity contribution in [3.8, 4) is 0 Å². The molecule has 1 atom stereocenters. The van der Waals surface area contributed by atoms with Gasteiger partial charge in [0.25, 0.3) is 0 Å². The monoisotopic (exact) mass is 297 g/mol. The van der Waals surface area contributed by atoms with E-state index >= 15 is 0 Å². The molecule has 2 fully saturated rings. The molecule has 0 bridgehead atoms. The molecule has 4 nitrogen and oxygen atoms in total. The number of carbonyl (C=O) groups excluding carboxylic acids is 1. The largest absolute Gasteiger partial charge is 0.352 e. The minimum absolute atomic E-state index is 0. The van der Waals surface area contributed by atoms with Crippen LogP contribution in [0.25, 0.3) is 0 Å². The zero-order valence-electron chi connectivity index (χ0n) is 11.0. The van der Waals surface area contributed by atoms with E-state index in [0.717, 1.165) is 45.4 Å². The van der Waals surface area contributed by atoms with Crippen molar-refractivity contribution in [2.45, 2.75) is 31.7 Å². The summed E-state index contributed by atoms with van der Waals surface area (Å²) in [6.45, 7) is 4.15. The quantitative estimate of drug-likeness (QED) is 0.800. The molecule has 0 spiro atoms. The molecule has 0 aromatic carbocycles. The van der Waals surface area contributed by atoms with E-state index in [1.807, 2.05) is 0 Å². The highest BCUT2D eigenvalue weighted by Gasteiger charge is 2.25. The summed E-state index contributed by atoms with van der Waals surface area (Å²) in [6.07, 6.45) is 4.34. The number of likely N-dealkylation sites (tertiary alicyclic amines) is 1. The number of hydrogen-bond acceptors (Lipinski definition) is 3. The van der Waals surface area contributed by atoms with Crippen LogP contribution in [0.4, 0.5) is 0 Å². The molecular weight excluding hydrogens is 273 g/mol. The van der Waals surface area contributed by atoms with Crippen LogP contribution in [0.5, 0.6) is 0 Å². The van der Waals surface area contributed by atoms with Crippen LogP contribution in [0.1, 0.15) is 25.7 Å². The number of halogens is 2. The molecule has 6 heteroatoms. The third-order valence-corrected chi connectivity index (χ3v) is 3.73. The van der Waals surface area contributed by atoms with Crippen LogP contribution in [0.2, 0.25) is 0 Å². The molecule has 2 N–H and O–H groups in total. The maximum absolute atomic E-state index is 12.0. The molecular formula is C12H25Cl2N3O. The molecule has 1 amide bonds. The van der Waals surface area contributed by atoms with Gasteiger partial charge in [0, 0.05) is 18.5 Å². The fourth-order valence-electron chi connectivity index (χ4n) is 2.56. The second-order valence-corrected chi connectivity index (χ2v) is 5.13. The molecule has 2 aliphatic rings. The summed E-state index contributed by atoms with van der Waals surface area (Å²) in [6, 6.07) is 0.362. The van der Waals surface area contributed by atoms with Gasteiger partial charge in [-0.1, -0.05) is 0 Å². The molecule has 0 radical (unpaired) electrons. The SMILES string of the molecule is CN1CCC(C(=O)NC2CCCNC2)CC1.Cl.Cl. The molecule has 2 saturated heterocycles. The van der Waals surface area contributed by atoms with E-state index in [0.29, 0.717) is 6.04 Å². The number of hydrogen-bond donors (Lipinski definition) is 2. The van der Waals surface area contributed by atoms with Crippen LogP contribution < -0.4 is 10.6 Å². The predicted octanol–water partition coefficient (Wildman–Crippen LogP) is 1.04. The number of nitrogens with one attached hydrogen (secondary N) is 2. The lowest BCUT2D eigenvalue weighted by Crippen LogP contribution is -2.48. The molecule has 1 unspecified atom stereocenters. The van der Waals surface area contributed by atoms with Crippen molar-refractivity contribution in [2.75, 3.05) is 33.2 Å². The van der Waals surface area contributed by atoms with Gasteiger partial charge in [-0.3, -0.25) is 4.79 Å². The van der Waals surface area contributed by atoms with Gasteiger partial charge in [0.05, 0.1) is 0 Å². The summed E-state index contributed by atoms with van der Waals surface area (Å²) in [5.41, 5.74) is 0. The Labute approximate surface area is 122 Å². The van der Waals surface area contributed by atoms with Gasteiger partial charge >= 0.3 is 0 Å². The first kappa shape index (κ1) is 18.0. The van der Waals surface area contributed by atoms with E-state index < -0.39 is 0 Å². The summed E-state index contributed by atoms with van der Waals surface area (Å²) in [5, 5.41) is 6.51. The van der Waals surface area contributed by atoms with Crippen molar-refractivity contribution in [1.82, 2.24) is 15.5 Å². The third-order valence-electron chi connectivity index (χ3n) is 3.73. The molecule has 0 aliphatic carbocycles. The topological polar surface area (TPSA) is 44.4 Å². The van der Waals surface area contributed by atoms with Crippen LogP contribution in [0.15, 0.2) is 0 Å². The highest BCUT2D eigenvalue weighted by Crippen LogP contribution is 2.16. The fraction of sp³-hybridized carbons (Fsp3) is 0.917.